The van der Waals surface area contributed by atoms with E-state index in [2.05, 4.69) is 36.2 Å². The zero-order valence-electron chi connectivity index (χ0n) is 16.9. The highest BCUT2D eigenvalue weighted by molar-refractivity contribution is 5.92. The number of ether oxygens (including phenoxy) is 1. The first-order valence-corrected chi connectivity index (χ1v) is 9.76. The van der Waals surface area contributed by atoms with Crippen molar-refractivity contribution < 1.29 is 18.3 Å². The first-order chi connectivity index (χ1) is 13.8. The summed E-state index contributed by atoms with van der Waals surface area (Å²) >= 11 is 0. The molecule has 0 aromatic heterocycles. The van der Waals surface area contributed by atoms with E-state index in [1.54, 1.807) is 0 Å². The summed E-state index contributed by atoms with van der Waals surface area (Å²) in [6.07, 6.45) is 2.92. The number of nitrogens with one attached hydrogen (secondary N) is 1. The maximum Gasteiger partial charge on any atom is 0.244 e. The van der Waals surface area contributed by atoms with E-state index in [0.717, 1.165) is 36.5 Å². The maximum absolute atomic E-state index is 13.7. The van der Waals surface area contributed by atoms with Crippen LogP contribution in [0.1, 0.15) is 37.9 Å². The molecule has 2 aromatic carbocycles. The average molecular weight is 400 g/mol. The molecule has 1 aliphatic rings. The summed E-state index contributed by atoms with van der Waals surface area (Å²) in [4.78, 5) is 14.5. The summed E-state index contributed by atoms with van der Waals surface area (Å²) in [6, 6.07) is 11.1. The molecule has 0 radical (unpaired) electrons. The highest BCUT2D eigenvalue weighted by Gasteiger charge is 2.22. The van der Waals surface area contributed by atoms with Gasteiger partial charge in [0, 0.05) is 36.5 Å². The van der Waals surface area contributed by atoms with Crippen molar-refractivity contribution in [2.24, 2.45) is 0 Å². The summed E-state index contributed by atoms with van der Waals surface area (Å²) < 4.78 is 32.4. The van der Waals surface area contributed by atoms with E-state index in [1.165, 1.54) is 18.2 Å². The Morgan fingerprint density at radius 1 is 1.17 bits per heavy atom. The van der Waals surface area contributed by atoms with Crippen LogP contribution in [0, 0.1) is 11.6 Å². The fraction of sp³-hybridized carbons (Fsp3) is 0.348. The van der Waals surface area contributed by atoms with Gasteiger partial charge in [-0.15, -0.1) is 0 Å². The van der Waals surface area contributed by atoms with E-state index in [9.17, 15) is 13.6 Å². The van der Waals surface area contributed by atoms with Gasteiger partial charge in [-0.3, -0.25) is 4.79 Å². The van der Waals surface area contributed by atoms with Gasteiger partial charge in [0.1, 0.15) is 11.6 Å². The molecule has 2 aromatic rings. The van der Waals surface area contributed by atoms with Gasteiger partial charge in [0.25, 0.3) is 0 Å². The summed E-state index contributed by atoms with van der Waals surface area (Å²) in [6.45, 7) is 7.66. The molecule has 1 fully saturated rings. The molecule has 1 aliphatic heterocycles. The van der Waals surface area contributed by atoms with E-state index in [4.69, 9.17) is 4.74 Å². The van der Waals surface area contributed by atoms with Crippen LogP contribution in [-0.4, -0.2) is 31.2 Å². The second kappa shape index (κ2) is 9.18. The zero-order chi connectivity index (χ0) is 21.0. The summed E-state index contributed by atoms with van der Waals surface area (Å²) in [5, 5.41) is 2.88. The maximum atomic E-state index is 13.7. The minimum absolute atomic E-state index is 0.159. The second-order valence-electron chi connectivity index (χ2n) is 7.49. The number of nitrogens with zero attached hydrogens (tertiary/aromatic N) is 1. The predicted octanol–water partition coefficient (Wildman–Crippen LogP) is 4.47. The lowest BCUT2D eigenvalue weighted by Crippen LogP contribution is -2.45. The van der Waals surface area contributed by atoms with Gasteiger partial charge >= 0.3 is 0 Å². The van der Waals surface area contributed by atoms with Crippen molar-refractivity contribution in [1.82, 2.24) is 5.32 Å². The van der Waals surface area contributed by atoms with Crippen LogP contribution in [0.5, 0.6) is 0 Å². The SMILES string of the molecule is CC(NC(=O)/C=C/c1ccc(F)cc1F)c1cccc(N2C[C@@H](C)O[C@@H](C)C2)c1. The Labute approximate surface area is 170 Å². The van der Waals surface area contributed by atoms with Crippen LogP contribution in [0.2, 0.25) is 0 Å². The lowest BCUT2D eigenvalue weighted by atomic mass is 10.1. The molecule has 1 saturated heterocycles. The molecule has 3 rings (SSSR count). The minimum Gasteiger partial charge on any atom is -0.372 e. The number of hydrogen-bond acceptors (Lipinski definition) is 3. The number of anilines is 1. The molecule has 1 heterocycles. The molecule has 3 atom stereocenters. The van der Waals surface area contributed by atoms with Crippen molar-refractivity contribution in [2.45, 2.75) is 39.0 Å². The number of amides is 1. The Morgan fingerprint density at radius 2 is 1.90 bits per heavy atom. The van der Waals surface area contributed by atoms with Crippen molar-refractivity contribution in [3.63, 3.8) is 0 Å². The lowest BCUT2D eigenvalue weighted by Gasteiger charge is -2.37. The van der Waals surface area contributed by atoms with Gasteiger partial charge in [-0.05, 0) is 56.7 Å². The molecule has 0 saturated carbocycles. The number of carbonyl (C=O) groups is 1. The van der Waals surface area contributed by atoms with Gasteiger partial charge in [0.2, 0.25) is 5.91 Å². The first-order valence-electron chi connectivity index (χ1n) is 9.76. The molecule has 0 spiro atoms. The first kappa shape index (κ1) is 21.0. The third-order valence-corrected chi connectivity index (χ3v) is 4.89. The molecule has 29 heavy (non-hydrogen) atoms. The third kappa shape index (κ3) is 5.64. The Kier molecular flexibility index (Phi) is 6.64. The number of carbonyl (C=O) groups excluding carboxylic acids is 1. The molecule has 0 bridgehead atoms. The number of halogens is 2. The van der Waals surface area contributed by atoms with Gasteiger partial charge in [-0.25, -0.2) is 8.78 Å². The van der Waals surface area contributed by atoms with Crippen LogP contribution in [0.3, 0.4) is 0 Å². The lowest BCUT2D eigenvalue weighted by molar-refractivity contribution is -0.117. The van der Waals surface area contributed by atoms with E-state index in [-0.39, 0.29) is 29.7 Å². The second-order valence-corrected chi connectivity index (χ2v) is 7.49. The topological polar surface area (TPSA) is 41.6 Å². The molecule has 1 N–H and O–H groups in total. The normalized spacial score (nSPS) is 20.7. The third-order valence-electron chi connectivity index (χ3n) is 4.89. The number of hydrogen-bond donors (Lipinski definition) is 1. The molecule has 4 nitrogen and oxygen atoms in total. The average Bonchev–Trinajstić information content (AvgIpc) is 2.66. The van der Waals surface area contributed by atoms with Crippen molar-refractivity contribution in [3.05, 3.63) is 71.3 Å². The van der Waals surface area contributed by atoms with Crippen LogP contribution in [0.4, 0.5) is 14.5 Å². The van der Waals surface area contributed by atoms with Crippen molar-refractivity contribution in [3.8, 4) is 0 Å². The molecule has 154 valence electrons. The quantitative estimate of drug-likeness (QED) is 0.753. The van der Waals surface area contributed by atoms with Gasteiger partial charge in [0.05, 0.1) is 18.2 Å². The smallest absolute Gasteiger partial charge is 0.244 e. The molecule has 0 aliphatic carbocycles. The Balaban J connectivity index is 1.65. The fourth-order valence-corrected chi connectivity index (χ4v) is 3.53. The van der Waals surface area contributed by atoms with Gasteiger partial charge in [-0.1, -0.05) is 12.1 Å². The van der Waals surface area contributed by atoms with Crippen molar-refractivity contribution >= 4 is 17.7 Å². The molecule has 6 heteroatoms. The van der Waals surface area contributed by atoms with Crippen molar-refractivity contribution in [2.75, 3.05) is 18.0 Å². The van der Waals surface area contributed by atoms with E-state index >= 15 is 0 Å². The summed E-state index contributed by atoms with van der Waals surface area (Å²) in [5.41, 5.74) is 2.23. The molecular weight excluding hydrogens is 374 g/mol. The fourth-order valence-electron chi connectivity index (χ4n) is 3.53. The molecular formula is C23H26F2N2O2. The highest BCUT2D eigenvalue weighted by atomic mass is 19.1. The van der Waals surface area contributed by atoms with Crippen LogP contribution in [0.25, 0.3) is 6.08 Å². The van der Waals surface area contributed by atoms with Crippen molar-refractivity contribution in [1.29, 1.82) is 0 Å². The number of morpholine rings is 1. The Bertz CT molecular complexity index is 890. The Hall–Kier alpha value is -2.73. The van der Waals surface area contributed by atoms with E-state index in [1.807, 2.05) is 19.1 Å². The molecule has 1 amide bonds. The largest absolute Gasteiger partial charge is 0.372 e. The van der Waals surface area contributed by atoms with Gasteiger partial charge in [0.15, 0.2) is 0 Å². The standard InChI is InChI=1S/C23H26F2N2O2/c1-15-13-27(14-16(2)29-15)21-6-4-5-19(11-21)17(3)26-23(28)10-8-18-7-9-20(24)12-22(18)25/h4-12,15-17H,13-14H2,1-3H3,(H,26,28)/b10-8+/t15-,16+,17?. The number of benzene rings is 2. The monoisotopic (exact) mass is 400 g/mol. The van der Waals surface area contributed by atoms with Crippen LogP contribution in [0.15, 0.2) is 48.5 Å². The predicted molar refractivity (Wildman–Crippen MR) is 111 cm³/mol. The van der Waals surface area contributed by atoms with Crippen LogP contribution >= 0.6 is 0 Å². The minimum atomic E-state index is -0.705. The Morgan fingerprint density at radius 3 is 2.59 bits per heavy atom. The van der Waals surface area contributed by atoms with E-state index < -0.39 is 11.6 Å². The zero-order valence-corrected chi connectivity index (χ0v) is 16.9. The number of rotatable bonds is 5. The summed E-state index contributed by atoms with van der Waals surface area (Å²) in [5.74, 6) is -1.70. The van der Waals surface area contributed by atoms with Crippen LogP contribution in [-0.2, 0) is 9.53 Å². The van der Waals surface area contributed by atoms with E-state index in [0.29, 0.717) is 0 Å². The summed E-state index contributed by atoms with van der Waals surface area (Å²) in [7, 11) is 0. The van der Waals surface area contributed by atoms with Gasteiger partial charge in [-0.2, -0.15) is 0 Å². The highest BCUT2D eigenvalue weighted by Crippen LogP contribution is 2.24. The van der Waals surface area contributed by atoms with Gasteiger partial charge < -0.3 is 15.0 Å². The molecule has 1 unspecified atom stereocenters. The van der Waals surface area contributed by atoms with Crippen LogP contribution < -0.4 is 10.2 Å².